The summed E-state index contributed by atoms with van der Waals surface area (Å²) in [5, 5.41) is 9.47. The summed E-state index contributed by atoms with van der Waals surface area (Å²) in [6.45, 7) is 6.15. The second-order valence-electron chi connectivity index (χ2n) is 4.01. The minimum absolute atomic E-state index is 0.0330. The first-order valence-electron chi connectivity index (χ1n) is 4.97. The standard InChI is InChI=1S/C12H16O3/c1-8(2)7-15-12(14)10-6-9(3)4-5-11(10)13/h4-6,8,13H,7H2,1-3H3. The van der Waals surface area contributed by atoms with Crippen LogP contribution in [0.3, 0.4) is 0 Å². The molecule has 82 valence electrons. The molecule has 1 aromatic carbocycles. The van der Waals surface area contributed by atoms with Crippen molar-refractivity contribution in [1.82, 2.24) is 0 Å². The zero-order valence-corrected chi connectivity index (χ0v) is 9.28. The Bertz CT molecular complexity index is 356. The summed E-state index contributed by atoms with van der Waals surface area (Å²) >= 11 is 0. The molecule has 0 fully saturated rings. The lowest BCUT2D eigenvalue weighted by molar-refractivity contribution is 0.0455. The minimum Gasteiger partial charge on any atom is -0.507 e. The molecule has 0 amide bonds. The van der Waals surface area contributed by atoms with Crippen molar-refractivity contribution in [3.05, 3.63) is 29.3 Å². The molecule has 1 N–H and O–H groups in total. The smallest absolute Gasteiger partial charge is 0.341 e. The Labute approximate surface area is 89.7 Å². The molecule has 0 saturated heterocycles. The number of phenolic OH excluding ortho intramolecular Hbond substituents is 1. The molecule has 0 saturated carbocycles. The van der Waals surface area contributed by atoms with E-state index in [1.165, 1.54) is 6.07 Å². The molecule has 0 spiro atoms. The predicted octanol–water partition coefficient (Wildman–Crippen LogP) is 2.51. The van der Waals surface area contributed by atoms with Crippen LogP contribution in [0.1, 0.15) is 29.8 Å². The number of esters is 1. The molecule has 0 bridgehead atoms. The Balaban J connectivity index is 2.77. The van der Waals surface area contributed by atoms with E-state index in [0.717, 1.165) is 5.56 Å². The van der Waals surface area contributed by atoms with Crippen molar-refractivity contribution in [3.63, 3.8) is 0 Å². The summed E-state index contributed by atoms with van der Waals surface area (Å²) < 4.78 is 5.03. The van der Waals surface area contributed by atoms with E-state index in [0.29, 0.717) is 12.5 Å². The number of hydrogen-bond donors (Lipinski definition) is 1. The van der Waals surface area contributed by atoms with Crippen molar-refractivity contribution in [1.29, 1.82) is 0 Å². The van der Waals surface area contributed by atoms with Gasteiger partial charge in [-0.05, 0) is 25.0 Å². The predicted molar refractivity (Wildman–Crippen MR) is 58.0 cm³/mol. The number of carbonyl (C=O) groups is 1. The molecular formula is C12H16O3. The van der Waals surface area contributed by atoms with Gasteiger partial charge in [-0.3, -0.25) is 0 Å². The van der Waals surface area contributed by atoms with E-state index >= 15 is 0 Å². The maximum Gasteiger partial charge on any atom is 0.341 e. The number of hydrogen-bond acceptors (Lipinski definition) is 3. The fourth-order valence-electron chi connectivity index (χ4n) is 1.13. The van der Waals surface area contributed by atoms with Crippen LogP contribution in [0.5, 0.6) is 5.75 Å². The highest BCUT2D eigenvalue weighted by molar-refractivity contribution is 5.92. The Morgan fingerprint density at radius 1 is 1.47 bits per heavy atom. The second-order valence-corrected chi connectivity index (χ2v) is 4.01. The van der Waals surface area contributed by atoms with Gasteiger partial charge in [-0.1, -0.05) is 25.5 Å². The molecule has 1 aromatic rings. The van der Waals surface area contributed by atoms with E-state index in [1.807, 2.05) is 20.8 Å². The summed E-state index contributed by atoms with van der Waals surface area (Å²) in [4.78, 5) is 11.5. The summed E-state index contributed by atoms with van der Waals surface area (Å²) in [7, 11) is 0. The highest BCUT2D eigenvalue weighted by Crippen LogP contribution is 2.19. The number of aromatic hydroxyl groups is 1. The van der Waals surface area contributed by atoms with Crippen molar-refractivity contribution in [2.75, 3.05) is 6.61 Å². The van der Waals surface area contributed by atoms with E-state index in [2.05, 4.69) is 0 Å². The Kier molecular flexibility index (Phi) is 3.72. The van der Waals surface area contributed by atoms with Crippen LogP contribution in [0.15, 0.2) is 18.2 Å². The highest BCUT2D eigenvalue weighted by atomic mass is 16.5. The molecule has 0 aromatic heterocycles. The largest absolute Gasteiger partial charge is 0.507 e. The number of rotatable bonds is 3. The molecule has 3 nitrogen and oxygen atoms in total. The van der Waals surface area contributed by atoms with E-state index in [-0.39, 0.29) is 11.3 Å². The van der Waals surface area contributed by atoms with Crippen LogP contribution in [0.2, 0.25) is 0 Å². The fourth-order valence-corrected chi connectivity index (χ4v) is 1.13. The average Bonchev–Trinajstić information content (AvgIpc) is 2.18. The molecule has 0 atom stereocenters. The lowest BCUT2D eigenvalue weighted by atomic mass is 10.1. The van der Waals surface area contributed by atoms with Gasteiger partial charge in [0.1, 0.15) is 11.3 Å². The van der Waals surface area contributed by atoms with Crippen molar-refractivity contribution in [2.24, 2.45) is 5.92 Å². The van der Waals surface area contributed by atoms with Crippen molar-refractivity contribution in [2.45, 2.75) is 20.8 Å². The number of aryl methyl sites for hydroxylation is 1. The van der Waals surface area contributed by atoms with Crippen LogP contribution in [-0.2, 0) is 4.74 Å². The quantitative estimate of drug-likeness (QED) is 0.776. The van der Waals surface area contributed by atoms with Gasteiger partial charge in [0, 0.05) is 0 Å². The van der Waals surface area contributed by atoms with Gasteiger partial charge in [-0.2, -0.15) is 0 Å². The topological polar surface area (TPSA) is 46.5 Å². The molecular weight excluding hydrogens is 192 g/mol. The minimum atomic E-state index is -0.468. The average molecular weight is 208 g/mol. The molecule has 1 rings (SSSR count). The van der Waals surface area contributed by atoms with Crippen LogP contribution < -0.4 is 0 Å². The van der Waals surface area contributed by atoms with Gasteiger partial charge in [0.05, 0.1) is 6.61 Å². The molecule has 0 unspecified atom stereocenters. The molecule has 3 heteroatoms. The van der Waals surface area contributed by atoms with E-state index < -0.39 is 5.97 Å². The van der Waals surface area contributed by atoms with Crippen LogP contribution in [0.4, 0.5) is 0 Å². The normalized spacial score (nSPS) is 10.4. The summed E-state index contributed by atoms with van der Waals surface area (Å²) in [5.41, 5.74) is 1.15. The lowest BCUT2D eigenvalue weighted by Crippen LogP contribution is -2.10. The maximum atomic E-state index is 11.5. The Morgan fingerprint density at radius 3 is 2.73 bits per heavy atom. The zero-order chi connectivity index (χ0) is 11.4. The molecule has 0 heterocycles. The number of benzene rings is 1. The van der Waals surface area contributed by atoms with Crippen LogP contribution in [-0.4, -0.2) is 17.7 Å². The van der Waals surface area contributed by atoms with Crippen LogP contribution >= 0.6 is 0 Å². The molecule has 0 aliphatic heterocycles. The zero-order valence-electron chi connectivity index (χ0n) is 9.28. The monoisotopic (exact) mass is 208 g/mol. The third-order valence-corrected chi connectivity index (χ3v) is 1.92. The first-order valence-corrected chi connectivity index (χ1v) is 4.97. The van der Waals surface area contributed by atoms with Crippen LogP contribution in [0.25, 0.3) is 0 Å². The van der Waals surface area contributed by atoms with Gasteiger partial charge in [0.15, 0.2) is 0 Å². The van der Waals surface area contributed by atoms with Gasteiger partial charge >= 0.3 is 5.97 Å². The number of carbonyl (C=O) groups excluding carboxylic acids is 1. The van der Waals surface area contributed by atoms with Gasteiger partial charge in [0.2, 0.25) is 0 Å². The van der Waals surface area contributed by atoms with Crippen molar-refractivity contribution in [3.8, 4) is 5.75 Å². The van der Waals surface area contributed by atoms with Gasteiger partial charge in [0.25, 0.3) is 0 Å². The highest BCUT2D eigenvalue weighted by Gasteiger charge is 2.12. The number of phenols is 1. The maximum absolute atomic E-state index is 11.5. The fraction of sp³-hybridized carbons (Fsp3) is 0.417. The van der Waals surface area contributed by atoms with Gasteiger partial charge in [-0.15, -0.1) is 0 Å². The first-order chi connectivity index (χ1) is 7.00. The summed E-state index contributed by atoms with van der Waals surface area (Å²) in [6.07, 6.45) is 0. The second kappa shape index (κ2) is 4.82. The van der Waals surface area contributed by atoms with Crippen molar-refractivity contribution >= 4 is 5.97 Å². The third kappa shape index (κ3) is 3.27. The third-order valence-electron chi connectivity index (χ3n) is 1.92. The Morgan fingerprint density at radius 2 is 2.13 bits per heavy atom. The molecule has 0 radical (unpaired) electrons. The van der Waals surface area contributed by atoms with E-state index in [9.17, 15) is 9.90 Å². The van der Waals surface area contributed by atoms with Gasteiger partial charge < -0.3 is 9.84 Å². The van der Waals surface area contributed by atoms with Crippen molar-refractivity contribution < 1.29 is 14.6 Å². The first kappa shape index (κ1) is 11.6. The van der Waals surface area contributed by atoms with Gasteiger partial charge in [-0.25, -0.2) is 4.79 Å². The Hall–Kier alpha value is -1.51. The van der Waals surface area contributed by atoms with E-state index in [1.54, 1.807) is 12.1 Å². The number of ether oxygens (including phenoxy) is 1. The molecule has 0 aliphatic rings. The lowest BCUT2D eigenvalue weighted by Gasteiger charge is -2.08. The van der Waals surface area contributed by atoms with Crippen LogP contribution in [0, 0.1) is 12.8 Å². The summed E-state index contributed by atoms with van der Waals surface area (Å²) in [5.74, 6) is -0.208. The van der Waals surface area contributed by atoms with E-state index in [4.69, 9.17) is 4.74 Å². The molecule has 15 heavy (non-hydrogen) atoms. The summed E-state index contributed by atoms with van der Waals surface area (Å²) in [6, 6.07) is 4.87. The SMILES string of the molecule is Cc1ccc(O)c(C(=O)OCC(C)C)c1. The molecule has 0 aliphatic carbocycles.